The fourth-order valence-corrected chi connectivity index (χ4v) is 2.96. The molecule has 1 aliphatic heterocycles. The van der Waals surface area contributed by atoms with Crippen molar-refractivity contribution in [1.29, 1.82) is 0 Å². The van der Waals surface area contributed by atoms with Gasteiger partial charge in [-0.1, -0.05) is 17.3 Å². The van der Waals surface area contributed by atoms with Gasteiger partial charge in [-0.3, -0.25) is 4.79 Å². The van der Waals surface area contributed by atoms with E-state index in [1.165, 1.54) is 0 Å². The van der Waals surface area contributed by atoms with Crippen LogP contribution < -0.4 is 4.74 Å². The van der Waals surface area contributed by atoms with Crippen LogP contribution in [0.2, 0.25) is 0 Å². The number of nitrogens with zero attached hydrogens (tertiary/aromatic N) is 4. The predicted molar refractivity (Wildman–Crippen MR) is 92.1 cm³/mol. The van der Waals surface area contributed by atoms with E-state index in [0.29, 0.717) is 25.4 Å². The van der Waals surface area contributed by atoms with E-state index in [2.05, 4.69) is 10.3 Å². The van der Waals surface area contributed by atoms with Crippen LogP contribution in [-0.4, -0.2) is 51.1 Å². The molecule has 0 N–H and O–H groups in total. The number of benzene rings is 1. The number of hydrogen-bond acceptors (Lipinski definition) is 5. The van der Waals surface area contributed by atoms with Crippen molar-refractivity contribution in [2.45, 2.75) is 46.1 Å². The Balaban J connectivity index is 1.53. The highest BCUT2D eigenvalue weighted by atomic mass is 16.5. The molecule has 1 fully saturated rings. The Morgan fingerprint density at radius 1 is 1.32 bits per heavy atom. The van der Waals surface area contributed by atoms with Gasteiger partial charge in [-0.25, -0.2) is 4.68 Å². The van der Waals surface area contributed by atoms with E-state index in [9.17, 15) is 4.79 Å². The van der Waals surface area contributed by atoms with Gasteiger partial charge in [0.05, 0.1) is 18.4 Å². The van der Waals surface area contributed by atoms with Crippen LogP contribution in [0.5, 0.6) is 5.75 Å². The van der Waals surface area contributed by atoms with Crippen molar-refractivity contribution in [3.05, 3.63) is 41.7 Å². The Hall–Kier alpha value is -2.41. The lowest BCUT2D eigenvalue weighted by molar-refractivity contribution is -0.144. The Morgan fingerprint density at radius 2 is 2.08 bits per heavy atom. The summed E-state index contributed by atoms with van der Waals surface area (Å²) in [6, 6.07) is 7.84. The van der Waals surface area contributed by atoms with Crippen LogP contribution in [0.25, 0.3) is 0 Å². The molecule has 0 bridgehead atoms. The van der Waals surface area contributed by atoms with Crippen LogP contribution in [0.4, 0.5) is 0 Å². The van der Waals surface area contributed by atoms with Gasteiger partial charge in [0.1, 0.15) is 24.6 Å². The standard InChI is InChI=1S/C18H24N4O3/c1-13-5-4-6-17(7-13)24-12-16-10-22(20-19-16)11-18(23)21-8-14(2)25-15(3)9-21/h4-7,10,14-15H,8-9,11-12H2,1-3H3. The second-order valence-electron chi connectivity index (χ2n) is 6.57. The molecule has 7 nitrogen and oxygen atoms in total. The molecular weight excluding hydrogens is 320 g/mol. The van der Waals surface area contributed by atoms with Crippen molar-refractivity contribution in [2.24, 2.45) is 0 Å². The molecule has 7 heteroatoms. The van der Waals surface area contributed by atoms with Gasteiger partial charge in [-0.15, -0.1) is 5.10 Å². The normalized spacial score (nSPS) is 20.5. The molecule has 0 radical (unpaired) electrons. The molecule has 0 aliphatic carbocycles. The van der Waals surface area contributed by atoms with E-state index in [4.69, 9.17) is 9.47 Å². The van der Waals surface area contributed by atoms with Crippen LogP contribution in [0.1, 0.15) is 25.1 Å². The second kappa shape index (κ2) is 7.65. The number of rotatable bonds is 5. The van der Waals surface area contributed by atoms with E-state index < -0.39 is 0 Å². The zero-order chi connectivity index (χ0) is 17.8. The first kappa shape index (κ1) is 17.4. The minimum absolute atomic E-state index is 0.0260. The lowest BCUT2D eigenvalue weighted by Gasteiger charge is -2.35. The predicted octanol–water partition coefficient (Wildman–Crippen LogP) is 1.80. The van der Waals surface area contributed by atoms with Gasteiger partial charge in [0.2, 0.25) is 5.91 Å². The van der Waals surface area contributed by atoms with Gasteiger partial charge in [0, 0.05) is 13.1 Å². The fourth-order valence-electron chi connectivity index (χ4n) is 2.96. The lowest BCUT2D eigenvalue weighted by atomic mass is 10.2. The minimum Gasteiger partial charge on any atom is -0.487 e. The van der Waals surface area contributed by atoms with E-state index in [-0.39, 0.29) is 24.7 Å². The summed E-state index contributed by atoms with van der Waals surface area (Å²) in [4.78, 5) is 14.3. The Labute approximate surface area is 147 Å². The highest BCUT2D eigenvalue weighted by Gasteiger charge is 2.26. The zero-order valence-corrected chi connectivity index (χ0v) is 14.9. The summed E-state index contributed by atoms with van der Waals surface area (Å²) in [6.45, 7) is 7.70. The number of ether oxygens (including phenoxy) is 2. The Morgan fingerprint density at radius 3 is 2.80 bits per heavy atom. The molecular formula is C18H24N4O3. The molecule has 1 aromatic carbocycles. The highest BCUT2D eigenvalue weighted by molar-refractivity contribution is 5.76. The van der Waals surface area contributed by atoms with Crippen LogP contribution >= 0.6 is 0 Å². The SMILES string of the molecule is Cc1cccc(OCc2cn(CC(=O)N3CC(C)OC(C)C3)nn2)c1. The summed E-state index contributed by atoms with van der Waals surface area (Å²) in [5.41, 5.74) is 1.83. The summed E-state index contributed by atoms with van der Waals surface area (Å²) >= 11 is 0. The van der Waals surface area contributed by atoms with Crippen molar-refractivity contribution >= 4 is 5.91 Å². The van der Waals surface area contributed by atoms with Gasteiger partial charge < -0.3 is 14.4 Å². The first-order valence-electron chi connectivity index (χ1n) is 8.51. The molecule has 2 unspecified atom stereocenters. The summed E-state index contributed by atoms with van der Waals surface area (Å²) in [5, 5.41) is 8.10. The number of aromatic nitrogens is 3. The molecule has 0 saturated carbocycles. The monoisotopic (exact) mass is 344 g/mol. The summed E-state index contributed by atoms with van der Waals surface area (Å²) in [6.07, 6.45) is 1.87. The quantitative estimate of drug-likeness (QED) is 0.827. The Bertz CT molecular complexity index is 721. The number of aryl methyl sites for hydroxylation is 1. The molecule has 134 valence electrons. The van der Waals surface area contributed by atoms with Gasteiger partial charge in [-0.2, -0.15) is 0 Å². The van der Waals surface area contributed by atoms with Crippen molar-refractivity contribution < 1.29 is 14.3 Å². The van der Waals surface area contributed by atoms with Gasteiger partial charge in [0.25, 0.3) is 0 Å². The third kappa shape index (κ3) is 4.79. The average Bonchev–Trinajstić information content (AvgIpc) is 2.99. The maximum Gasteiger partial charge on any atom is 0.244 e. The molecule has 1 saturated heterocycles. The first-order chi connectivity index (χ1) is 12.0. The van der Waals surface area contributed by atoms with Crippen LogP contribution in [0.15, 0.2) is 30.5 Å². The zero-order valence-electron chi connectivity index (χ0n) is 14.9. The number of hydrogen-bond donors (Lipinski definition) is 0. The van der Waals surface area contributed by atoms with Crippen molar-refractivity contribution in [3.8, 4) is 5.75 Å². The number of carbonyl (C=O) groups is 1. The van der Waals surface area contributed by atoms with Crippen LogP contribution in [-0.2, 0) is 22.7 Å². The maximum absolute atomic E-state index is 12.4. The second-order valence-corrected chi connectivity index (χ2v) is 6.57. The van der Waals surface area contributed by atoms with E-state index in [1.54, 1.807) is 10.9 Å². The van der Waals surface area contributed by atoms with Crippen molar-refractivity contribution in [2.75, 3.05) is 13.1 Å². The molecule has 1 amide bonds. The van der Waals surface area contributed by atoms with Crippen molar-refractivity contribution in [3.63, 3.8) is 0 Å². The number of amides is 1. The molecule has 25 heavy (non-hydrogen) atoms. The molecule has 3 rings (SSSR count). The minimum atomic E-state index is 0.0260. The van der Waals surface area contributed by atoms with Crippen LogP contribution in [0, 0.1) is 6.92 Å². The van der Waals surface area contributed by atoms with Gasteiger partial charge in [-0.05, 0) is 38.5 Å². The Kier molecular flexibility index (Phi) is 5.33. The lowest BCUT2D eigenvalue weighted by Crippen LogP contribution is -2.49. The third-order valence-corrected chi connectivity index (χ3v) is 4.03. The molecule has 2 atom stereocenters. The third-order valence-electron chi connectivity index (χ3n) is 4.03. The highest BCUT2D eigenvalue weighted by Crippen LogP contribution is 2.14. The molecule has 1 aliphatic rings. The number of carbonyl (C=O) groups excluding carboxylic acids is 1. The first-order valence-corrected chi connectivity index (χ1v) is 8.51. The van der Waals surface area contributed by atoms with Crippen molar-refractivity contribution in [1.82, 2.24) is 19.9 Å². The largest absolute Gasteiger partial charge is 0.487 e. The summed E-state index contributed by atoms with van der Waals surface area (Å²) in [5.74, 6) is 0.819. The summed E-state index contributed by atoms with van der Waals surface area (Å²) < 4.78 is 12.9. The van der Waals surface area contributed by atoms with Crippen LogP contribution in [0.3, 0.4) is 0 Å². The smallest absolute Gasteiger partial charge is 0.244 e. The molecule has 2 aromatic rings. The molecule has 2 heterocycles. The maximum atomic E-state index is 12.4. The number of morpholine rings is 1. The molecule has 1 aromatic heterocycles. The van der Waals surface area contributed by atoms with Gasteiger partial charge in [0.15, 0.2) is 0 Å². The van der Waals surface area contributed by atoms with E-state index in [1.807, 2.05) is 49.9 Å². The van der Waals surface area contributed by atoms with Gasteiger partial charge >= 0.3 is 0 Å². The topological polar surface area (TPSA) is 69.5 Å². The van der Waals surface area contributed by atoms with E-state index >= 15 is 0 Å². The molecule has 0 spiro atoms. The average molecular weight is 344 g/mol. The van der Waals surface area contributed by atoms with E-state index in [0.717, 1.165) is 11.3 Å². The fraction of sp³-hybridized carbons (Fsp3) is 0.500. The summed E-state index contributed by atoms with van der Waals surface area (Å²) in [7, 11) is 0.